The van der Waals surface area contributed by atoms with Crippen LogP contribution >= 0.6 is 11.6 Å². The predicted molar refractivity (Wildman–Crippen MR) is 68.1 cm³/mol. The minimum atomic E-state index is -3.46. The van der Waals surface area contributed by atoms with Gasteiger partial charge in [-0.15, -0.1) is 0 Å². The summed E-state index contributed by atoms with van der Waals surface area (Å²) in [6, 6.07) is 4.46. The largest absolute Gasteiger partial charge is 0.495 e. The summed E-state index contributed by atoms with van der Waals surface area (Å²) in [5.74, 6) is 0.463. The number of sulfonamides is 1. The van der Waals surface area contributed by atoms with E-state index in [1.165, 1.54) is 23.5 Å². The van der Waals surface area contributed by atoms with Crippen LogP contribution in [-0.4, -0.2) is 32.9 Å². The van der Waals surface area contributed by atoms with Crippen LogP contribution in [0.2, 0.25) is 5.02 Å². The number of benzene rings is 1. The normalized spacial score (nSPS) is 11.8. The Morgan fingerprint density at radius 1 is 1.29 bits per heavy atom. The van der Waals surface area contributed by atoms with Gasteiger partial charge in [-0.3, -0.25) is 0 Å². The van der Waals surface area contributed by atoms with E-state index in [-0.39, 0.29) is 4.90 Å². The first-order valence-corrected chi connectivity index (χ1v) is 7.12. The third-order valence-electron chi connectivity index (χ3n) is 2.47. The molecule has 0 spiro atoms. The van der Waals surface area contributed by atoms with Crippen LogP contribution in [0.1, 0.15) is 13.8 Å². The van der Waals surface area contributed by atoms with E-state index in [2.05, 4.69) is 0 Å². The summed E-state index contributed by atoms with van der Waals surface area (Å²) >= 11 is 5.92. The number of halogens is 1. The van der Waals surface area contributed by atoms with Gasteiger partial charge in [-0.2, -0.15) is 4.31 Å². The average Bonchev–Trinajstić information content (AvgIpc) is 2.30. The Labute approximate surface area is 107 Å². The van der Waals surface area contributed by atoms with Crippen molar-refractivity contribution in [2.45, 2.75) is 18.7 Å². The fraction of sp³-hybridized carbons (Fsp3) is 0.455. The lowest BCUT2D eigenvalue weighted by molar-refractivity contribution is 0.414. The van der Waals surface area contributed by atoms with Crippen LogP contribution in [0.5, 0.6) is 5.75 Å². The monoisotopic (exact) mass is 277 g/mol. The van der Waals surface area contributed by atoms with Gasteiger partial charge in [-0.05, 0) is 18.2 Å². The molecule has 0 aliphatic rings. The first kappa shape index (κ1) is 14.3. The van der Waals surface area contributed by atoms with Crippen LogP contribution in [0.3, 0.4) is 0 Å². The fourth-order valence-electron chi connectivity index (χ4n) is 1.52. The molecule has 6 heteroatoms. The molecule has 0 fully saturated rings. The quantitative estimate of drug-likeness (QED) is 0.830. The summed E-state index contributed by atoms with van der Waals surface area (Å²) in [6.45, 7) is 4.46. The van der Waals surface area contributed by atoms with Crippen LogP contribution in [0.25, 0.3) is 0 Å². The highest BCUT2D eigenvalue weighted by molar-refractivity contribution is 7.89. The van der Waals surface area contributed by atoms with Crippen molar-refractivity contribution in [2.24, 2.45) is 0 Å². The average molecular weight is 278 g/mol. The zero-order chi connectivity index (χ0) is 13.1. The Morgan fingerprint density at radius 3 is 2.29 bits per heavy atom. The van der Waals surface area contributed by atoms with Crippen molar-refractivity contribution in [3.05, 3.63) is 23.2 Å². The standard InChI is InChI=1S/C11H16ClNO3S/c1-4-13(5-2)17(14,15)9-6-7-11(16-3)10(12)8-9/h6-8H,4-5H2,1-3H3. The van der Waals surface area contributed by atoms with Crippen molar-refractivity contribution >= 4 is 21.6 Å². The molecule has 0 unspecified atom stereocenters. The molecule has 1 aromatic rings. The van der Waals surface area contributed by atoms with Gasteiger partial charge in [0.25, 0.3) is 0 Å². The summed E-state index contributed by atoms with van der Waals surface area (Å²) in [5, 5.41) is 0.292. The zero-order valence-electron chi connectivity index (χ0n) is 10.1. The third kappa shape index (κ3) is 2.91. The highest BCUT2D eigenvalue weighted by atomic mass is 35.5. The second kappa shape index (κ2) is 5.71. The van der Waals surface area contributed by atoms with Crippen LogP contribution in [0.15, 0.2) is 23.1 Å². The molecule has 0 atom stereocenters. The number of rotatable bonds is 5. The summed E-state index contributed by atoms with van der Waals surface area (Å²) in [4.78, 5) is 0.187. The van der Waals surface area contributed by atoms with Gasteiger partial charge >= 0.3 is 0 Å². The summed E-state index contributed by atoms with van der Waals surface area (Å²) in [5.41, 5.74) is 0. The minimum Gasteiger partial charge on any atom is -0.495 e. The van der Waals surface area contributed by atoms with Crippen LogP contribution < -0.4 is 4.74 Å². The fourth-order valence-corrected chi connectivity index (χ4v) is 3.33. The van der Waals surface area contributed by atoms with E-state index in [0.29, 0.717) is 23.9 Å². The van der Waals surface area contributed by atoms with Gasteiger partial charge in [0, 0.05) is 13.1 Å². The predicted octanol–water partition coefficient (Wildman–Crippen LogP) is 2.38. The number of methoxy groups -OCH3 is 1. The number of hydrogen-bond donors (Lipinski definition) is 0. The molecule has 96 valence electrons. The zero-order valence-corrected chi connectivity index (χ0v) is 11.7. The molecule has 0 heterocycles. The Balaban J connectivity index is 3.20. The van der Waals surface area contributed by atoms with Crippen molar-refractivity contribution in [1.82, 2.24) is 4.31 Å². The van der Waals surface area contributed by atoms with Crippen molar-refractivity contribution in [1.29, 1.82) is 0 Å². The maximum atomic E-state index is 12.2. The van der Waals surface area contributed by atoms with Gasteiger partial charge in [0.1, 0.15) is 5.75 Å². The maximum Gasteiger partial charge on any atom is 0.243 e. The van der Waals surface area contributed by atoms with Gasteiger partial charge in [0.05, 0.1) is 17.0 Å². The van der Waals surface area contributed by atoms with E-state index in [9.17, 15) is 8.42 Å². The molecule has 1 rings (SSSR count). The smallest absolute Gasteiger partial charge is 0.243 e. The van der Waals surface area contributed by atoms with Gasteiger partial charge in [0.15, 0.2) is 0 Å². The Morgan fingerprint density at radius 2 is 1.88 bits per heavy atom. The molecule has 0 radical (unpaired) electrons. The molecule has 0 saturated carbocycles. The van der Waals surface area contributed by atoms with Crippen LogP contribution in [0, 0.1) is 0 Å². The van der Waals surface area contributed by atoms with Crippen molar-refractivity contribution in [3.63, 3.8) is 0 Å². The second-order valence-corrected chi connectivity index (χ2v) is 5.73. The van der Waals surface area contributed by atoms with Crippen LogP contribution in [0.4, 0.5) is 0 Å². The molecule has 0 saturated heterocycles. The minimum absolute atomic E-state index is 0.187. The van der Waals surface area contributed by atoms with Gasteiger partial charge in [-0.1, -0.05) is 25.4 Å². The number of nitrogens with zero attached hydrogens (tertiary/aromatic N) is 1. The van der Waals surface area contributed by atoms with Crippen molar-refractivity contribution in [3.8, 4) is 5.75 Å². The first-order valence-electron chi connectivity index (χ1n) is 5.31. The molecule has 0 amide bonds. The number of hydrogen-bond acceptors (Lipinski definition) is 3. The Kier molecular flexibility index (Phi) is 4.80. The molecule has 0 N–H and O–H groups in total. The van der Waals surface area contributed by atoms with Crippen molar-refractivity contribution in [2.75, 3.05) is 20.2 Å². The highest BCUT2D eigenvalue weighted by Gasteiger charge is 2.22. The van der Waals surface area contributed by atoms with E-state index in [0.717, 1.165) is 0 Å². The summed E-state index contributed by atoms with van der Waals surface area (Å²) in [6.07, 6.45) is 0. The SMILES string of the molecule is CCN(CC)S(=O)(=O)c1ccc(OC)c(Cl)c1. The molecule has 0 aliphatic heterocycles. The van der Waals surface area contributed by atoms with E-state index in [4.69, 9.17) is 16.3 Å². The molecular weight excluding hydrogens is 262 g/mol. The third-order valence-corrected chi connectivity index (χ3v) is 4.81. The van der Waals surface area contributed by atoms with Gasteiger partial charge in [-0.25, -0.2) is 8.42 Å². The maximum absolute atomic E-state index is 12.2. The van der Waals surface area contributed by atoms with Gasteiger partial charge < -0.3 is 4.74 Å². The van der Waals surface area contributed by atoms with E-state index in [1.54, 1.807) is 19.9 Å². The summed E-state index contributed by atoms with van der Waals surface area (Å²) < 4.78 is 30.7. The lowest BCUT2D eigenvalue weighted by atomic mass is 10.3. The first-order chi connectivity index (χ1) is 7.97. The van der Waals surface area contributed by atoms with E-state index >= 15 is 0 Å². The van der Waals surface area contributed by atoms with Crippen LogP contribution in [-0.2, 0) is 10.0 Å². The molecule has 0 aliphatic carbocycles. The molecule has 0 aromatic heterocycles. The molecule has 4 nitrogen and oxygen atoms in total. The lowest BCUT2D eigenvalue weighted by Gasteiger charge is -2.18. The summed E-state index contributed by atoms with van der Waals surface area (Å²) in [7, 11) is -1.97. The molecule has 1 aromatic carbocycles. The topological polar surface area (TPSA) is 46.6 Å². The number of ether oxygens (including phenoxy) is 1. The Hall–Kier alpha value is -0.780. The second-order valence-electron chi connectivity index (χ2n) is 3.39. The molecular formula is C11H16ClNO3S. The Bertz CT molecular complexity index is 483. The lowest BCUT2D eigenvalue weighted by Crippen LogP contribution is -2.30. The van der Waals surface area contributed by atoms with E-state index < -0.39 is 10.0 Å². The van der Waals surface area contributed by atoms with Gasteiger partial charge in [0.2, 0.25) is 10.0 Å². The highest BCUT2D eigenvalue weighted by Crippen LogP contribution is 2.28. The molecule has 17 heavy (non-hydrogen) atoms. The van der Waals surface area contributed by atoms with Crippen molar-refractivity contribution < 1.29 is 13.2 Å². The molecule has 0 bridgehead atoms. The van der Waals surface area contributed by atoms with E-state index in [1.807, 2.05) is 0 Å².